The number of halogens is 2. The van der Waals surface area contributed by atoms with Gasteiger partial charge in [0.25, 0.3) is 0 Å². The molecule has 0 saturated carbocycles. The van der Waals surface area contributed by atoms with E-state index in [-0.39, 0.29) is 5.38 Å². The van der Waals surface area contributed by atoms with E-state index in [1.807, 2.05) is 19.1 Å². The highest BCUT2D eigenvalue weighted by atomic mass is 35.5. The van der Waals surface area contributed by atoms with Gasteiger partial charge in [0.1, 0.15) is 0 Å². The molecule has 0 aliphatic heterocycles. The van der Waals surface area contributed by atoms with Crippen molar-refractivity contribution in [3.05, 3.63) is 69.2 Å². The Bertz CT molecular complexity index is 596. The summed E-state index contributed by atoms with van der Waals surface area (Å²) in [6.45, 7) is 2.04. The molecular formula is C17H16Cl2. The van der Waals surface area contributed by atoms with E-state index in [1.165, 1.54) is 36.0 Å². The van der Waals surface area contributed by atoms with Crippen LogP contribution < -0.4 is 0 Å². The van der Waals surface area contributed by atoms with Crippen molar-refractivity contribution in [2.45, 2.75) is 31.6 Å². The maximum absolute atomic E-state index is 6.62. The van der Waals surface area contributed by atoms with Crippen molar-refractivity contribution >= 4 is 23.2 Å². The van der Waals surface area contributed by atoms with Gasteiger partial charge in [0.2, 0.25) is 0 Å². The summed E-state index contributed by atoms with van der Waals surface area (Å²) < 4.78 is 0. The van der Waals surface area contributed by atoms with Crippen LogP contribution in [-0.2, 0) is 12.8 Å². The fourth-order valence-electron chi connectivity index (χ4n) is 2.85. The molecule has 0 heterocycles. The number of alkyl halides is 1. The van der Waals surface area contributed by atoms with Crippen molar-refractivity contribution in [1.29, 1.82) is 0 Å². The lowest BCUT2D eigenvalue weighted by atomic mass is 9.99. The third-order valence-corrected chi connectivity index (χ3v) is 4.49. The van der Waals surface area contributed by atoms with Crippen LogP contribution in [0.15, 0.2) is 36.4 Å². The summed E-state index contributed by atoms with van der Waals surface area (Å²) in [5, 5.41) is 0.630. The molecule has 0 nitrogen and oxygen atoms in total. The Balaban J connectivity index is 1.97. The highest BCUT2D eigenvalue weighted by molar-refractivity contribution is 6.31. The molecule has 98 valence electrons. The summed E-state index contributed by atoms with van der Waals surface area (Å²) in [5.41, 5.74) is 6.33. The first-order valence-corrected chi connectivity index (χ1v) is 7.48. The minimum Gasteiger partial charge on any atom is -0.113 e. The molecule has 1 aliphatic rings. The van der Waals surface area contributed by atoms with E-state index in [0.717, 1.165) is 16.1 Å². The number of benzene rings is 2. The topological polar surface area (TPSA) is 0 Å². The van der Waals surface area contributed by atoms with E-state index in [0.29, 0.717) is 0 Å². The first-order valence-electron chi connectivity index (χ1n) is 6.66. The SMILES string of the molecule is Cc1cc(Cl)cc(C(Cl)c2ccc3c(c2)CCC3)c1. The first kappa shape index (κ1) is 13.0. The largest absolute Gasteiger partial charge is 0.113 e. The third kappa shape index (κ3) is 2.66. The van der Waals surface area contributed by atoms with Crippen molar-refractivity contribution in [3.8, 4) is 0 Å². The molecule has 2 heteroatoms. The van der Waals surface area contributed by atoms with Gasteiger partial charge in [-0.2, -0.15) is 0 Å². The fraction of sp³-hybridized carbons (Fsp3) is 0.294. The molecule has 0 radical (unpaired) electrons. The zero-order valence-corrected chi connectivity index (χ0v) is 12.4. The highest BCUT2D eigenvalue weighted by Gasteiger charge is 2.16. The van der Waals surface area contributed by atoms with Crippen LogP contribution in [0.3, 0.4) is 0 Å². The molecular weight excluding hydrogens is 275 g/mol. The van der Waals surface area contributed by atoms with Crippen LogP contribution in [0.1, 0.15) is 39.6 Å². The van der Waals surface area contributed by atoms with E-state index in [9.17, 15) is 0 Å². The second-order valence-electron chi connectivity index (χ2n) is 5.31. The lowest BCUT2D eigenvalue weighted by Gasteiger charge is -2.13. The van der Waals surface area contributed by atoms with Crippen molar-refractivity contribution in [1.82, 2.24) is 0 Å². The van der Waals surface area contributed by atoms with E-state index in [2.05, 4.69) is 24.3 Å². The average molecular weight is 291 g/mol. The molecule has 19 heavy (non-hydrogen) atoms. The van der Waals surface area contributed by atoms with E-state index < -0.39 is 0 Å². The minimum atomic E-state index is -0.122. The summed E-state index contributed by atoms with van der Waals surface area (Å²) in [5.74, 6) is 0. The van der Waals surface area contributed by atoms with Crippen LogP contribution in [0.2, 0.25) is 5.02 Å². The maximum Gasteiger partial charge on any atom is 0.0836 e. The predicted octanol–water partition coefficient (Wildman–Crippen LogP) is 5.47. The first-order chi connectivity index (χ1) is 9.13. The Morgan fingerprint density at radius 1 is 0.947 bits per heavy atom. The van der Waals surface area contributed by atoms with Gasteiger partial charge < -0.3 is 0 Å². The van der Waals surface area contributed by atoms with Gasteiger partial charge in [0.15, 0.2) is 0 Å². The molecule has 2 aromatic carbocycles. The lowest BCUT2D eigenvalue weighted by Crippen LogP contribution is -1.96. The zero-order chi connectivity index (χ0) is 13.4. The molecule has 2 aromatic rings. The molecule has 0 spiro atoms. The average Bonchev–Trinajstić information content (AvgIpc) is 2.83. The molecule has 0 saturated heterocycles. The number of hydrogen-bond acceptors (Lipinski definition) is 0. The summed E-state index contributed by atoms with van der Waals surface area (Å²) in [6.07, 6.45) is 3.65. The Morgan fingerprint density at radius 3 is 2.53 bits per heavy atom. The molecule has 3 rings (SSSR count). The summed E-state index contributed by atoms with van der Waals surface area (Å²) >= 11 is 12.7. The van der Waals surface area contributed by atoms with Crippen molar-refractivity contribution in [3.63, 3.8) is 0 Å². The monoisotopic (exact) mass is 290 g/mol. The van der Waals surface area contributed by atoms with Crippen molar-refractivity contribution < 1.29 is 0 Å². The second kappa shape index (κ2) is 5.19. The van der Waals surface area contributed by atoms with E-state index in [4.69, 9.17) is 23.2 Å². The van der Waals surface area contributed by atoms with Crippen LogP contribution in [0, 0.1) is 6.92 Å². The normalized spacial score (nSPS) is 15.3. The molecule has 1 atom stereocenters. The number of aryl methyl sites for hydroxylation is 3. The van der Waals surface area contributed by atoms with Gasteiger partial charge in [-0.25, -0.2) is 0 Å². The molecule has 0 amide bonds. The number of rotatable bonds is 2. The number of fused-ring (bicyclic) bond motifs is 1. The van der Waals surface area contributed by atoms with Crippen LogP contribution >= 0.6 is 23.2 Å². The van der Waals surface area contributed by atoms with E-state index >= 15 is 0 Å². The van der Waals surface area contributed by atoms with Gasteiger partial charge in [0, 0.05) is 5.02 Å². The van der Waals surface area contributed by atoms with Gasteiger partial charge >= 0.3 is 0 Å². The van der Waals surface area contributed by atoms with Gasteiger partial charge in [-0.05, 0) is 66.1 Å². The number of hydrogen-bond donors (Lipinski definition) is 0. The minimum absolute atomic E-state index is 0.122. The Hall–Kier alpha value is -0.980. The molecule has 1 unspecified atom stereocenters. The van der Waals surface area contributed by atoms with Crippen LogP contribution in [-0.4, -0.2) is 0 Å². The smallest absolute Gasteiger partial charge is 0.0836 e. The Kier molecular flexibility index (Phi) is 3.56. The molecule has 0 fully saturated rings. The van der Waals surface area contributed by atoms with E-state index in [1.54, 1.807) is 0 Å². The predicted molar refractivity (Wildman–Crippen MR) is 82.4 cm³/mol. The maximum atomic E-state index is 6.62. The molecule has 0 aromatic heterocycles. The molecule has 0 N–H and O–H groups in total. The highest BCUT2D eigenvalue weighted by Crippen LogP contribution is 2.33. The van der Waals surface area contributed by atoms with Gasteiger partial charge in [0.05, 0.1) is 5.38 Å². The standard InChI is InChI=1S/C17H16Cl2/c1-11-7-15(10-16(18)8-11)17(19)14-6-5-12-3-2-4-13(12)9-14/h5-10,17H,2-4H2,1H3. The Labute approximate surface area is 124 Å². The lowest BCUT2D eigenvalue weighted by molar-refractivity contribution is 0.911. The van der Waals surface area contributed by atoms with Gasteiger partial charge in [-0.1, -0.05) is 35.9 Å². The Morgan fingerprint density at radius 2 is 1.74 bits per heavy atom. The van der Waals surface area contributed by atoms with Crippen LogP contribution in [0.5, 0.6) is 0 Å². The van der Waals surface area contributed by atoms with Gasteiger partial charge in [-0.3, -0.25) is 0 Å². The van der Waals surface area contributed by atoms with Crippen molar-refractivity contribution in [2.75, 3.05) is 0 Å². The molecule has 1 aliphatic carbocycles. The second-order valence-corrected chi connectivity index (χ2v) is 6.18. The fourth-order valence-corrected chi connectivity index (χ4v) is 3.41. The van der Waals surface area contributed by atoms with Crippen LogP contribution in [0.25, 0.3) is 0 Å². The summed E-state index contributed by atoms with van der Waals surface area (Å²) in [4.78, 5) is 0. The van der Waals surface area contributed by atoms with Crippen molar-refractivity contribution in [2.24, 2.45) is 0 Å². The summed E-state index contributed by atoms with van der Waals surface area (Å²) in [6, 6.07) is 12.7. The zero-order valence-electron chi connectivity index (χ0n) is 10.9. The van der Waals surface area contributed by atoms with Gasteiger partial charge in [-0.15, -0.1) is 11.6 Å². The summed E-state index contributed by atoms with van der Waals surface area (Å²) in [7, 11) is 0. The molecule has 0 bridgehead atoms. The van der Waals surface area contributed by atoms with Crippen LogP contribution in [0.4, 0.5) is 0 Å². The quantitative estimate of drug-likeness (QED) is 0.644. The third-order valence-electron chi connectivity index (χ3n) is 3.77.